The average molecular weight is 336 g/mol. The first kappa shape index (κ1) is 17.1. The molecule has 0 saturated carbocycles. The van der Waals surface area contributed by atoms with Gasteiger partial charge in [-0.3, -0.25) is 4.79 Å². The van der Waals surface area contributed by atoms with E-state index in [-0.39, 0.29) is 12.3 Å². The minimum Gasteiger partial charge on any atom is -0.497 e. The third-order valence-corrected chi connectivity index (χ3v) is 4.11. The summed E-state index contributed by atoms with van der Waals surface area (Å²) in [5, 5.41) is 11.7. The Morgan fingerprint density at radius 1 is 1.30 bits per heavy atom. The Labute approximate surface area is 139 Å². The molecule has 1 amide bonds. The van der Waals surface area contributed by atoms with Crippen LogP contribution in [0.25, 0.3) is 0 Å². The maximum Gasteiger partial charge on any atom is 0.224 e. The second kappa shape index (κ2) is 7.87. The van der Waals surface area contributed by atoms with E-state index in [4.69, 9.17) is 9.47 Å². The molecular formula is C15H20N4O3S. The van der Waals surface area contributed by atoms with Crippen molar-refractivity contribution in [2.75, 3.05) is 20.5 Å². The van der Waals surface area contributed by atoms with Crippen LogP contribution < -0.4 is 14.8 Å². The number of rotatable bonds is 7. The van der Waals surface area contributed by atoms with Crippen LogP contribution in [0.1, 0.15) is 11.4 Å². The van der Waals surface area contributed by atoms with Crippen LogP contribution in [0.2, 0.25) is 0 Å². The molecule has 0 atom stereocenters. The van der Waals surface area contributed by atoms with E-state index in [2.05, 4.69) is 15.5 Å². The SMILES string of the molecule is COc1ccc(OC)c(CC(=O)NCc2nnc(SC)n2C)c1. The van der Waals surface area contributed by atoms with Gasteiger partial charge in [-0.05, 0) is 24.5 Å². The smallest absolute Gasteiger partial charge is 0.224 e. The number of amides is 1. The lowest BCUT2D eigenvalue weighted by Gasteiger charge is -2.10. The zero-order valence-electron chi connectivity index (χ0n) is 13.6. The number of aromatic nitrogens is 3. The molecule has 0 radical (unpaired) electrons. The van der Waals surface area contributed by atoms with Crippen LogP contribution in [-0.4, -0.2) is 41.1 Å². The number of hydrogen-bond donors (Lipinski definition) is 1. The number of carbonyl (C=O) groups excluding carboxylic acids is 1. The van der Waals surface area contributed by atoms with Crippen LogP contribution in [0, 0.1) is 0 Å². The van der Waals surface area contributed by atoms with Gasteiger partial charge in [0.1, 0.15) is 11.5 Å². The van der Waals surface area contributed by atoms with Crippen molar-refractivity contribution in [1.82, 2.24) is 20.1 Å². The molecule has 2 aromatic rings. The Hall–Kier alpha value is -2.22. The van der Waals surface area contributed by atoms with Crippen LogP contribution in [0.5, 0.6) is 11.5 Å². The number of nitrogens with zero attached hydrogens (tertiary/aromatic N) is 3. The van der Waals surface area contributed by atoms with Crippen molar-refractivity contribution in [3.63, 3.8) is 0 Å². The summed E-state index contributed by atoms with van der Waals surface area (Å²) in [6, 6.07) is 5.38. The van der Waals surface area contributed by atoms with Gasteiger partial charge in [-0.2, -0.15) is 0 Å². The molecule has 0 aliphatic heterocycles. The Bertz CT molecular complexity index is 687. The average Bonchev–Trinajstić information content (AvgIpc) is 2.92. The van der Waals surface area contributed by atoms with Crippen molar-refractivity contribution in [3.8, 4) is 11.5 Å². The Morgan fingerprint density at radius 3 is 2.70 bits per heavy atom. The molecule has 23 heavy (non-hydrogen) atoms. The van der Waals surface area contributed by atoms with Crippen molar-refractivity contribution in [3.05, 3.63) is 29.6 Å². The second-order valence-electron chi connectivity index (χ2n) is 4.79. The maximum atomic E-state index is 12.2. The lowest BCUT2D eigenvalue weighted by molar-refractivity contribution is -0.120. The summed E-state index contributed by atoms with van der Waals surface area (Å²) >= 11 is 1.51. The van der Waals surface area contributed by atoms with Crippen molar-refractivity contribution in [2.45, 2.75) is 18.1 Å². The molecule has 1 N–H and O–H groups in total. The number of carbonyl (C=O) groups is 1. The summed E-state index contributed by atoms with van der Waals surface area (Å²) in [4.78, 5) is 12.2. The topological polar surface area (TPSA) is 78.3 Å². The van der Waals surface area contributed by atoms with Crippen LogP contribution in [0.3, 0.4) is 0 Å². The van der Waals surface area contributed by atoms with E-state index in [0.717, 1.165) is 10.7 Å². The zero-order chi connectivity index (χ0) is 16.8. The van der Waals surface area contributed by atoms with Crippen molar-refractivity contribution < 1.29 is 14.3 Å². The van der Waals surface area contributed by atoms with Crippen LogP contribution in [0.15, 0.2) is 23.4 Å². The molecule has 0 spiro atoms. The van der Waals surface area contributed by atoms with Gasteiger partial charge in [0.15, 0.2) is 11.0 Å². The summed E-state index contributed by atoms with van der Waals surface area (Å²) in [6.07, 6.45) is 2.13. The van der Waals surface area contributed by atoms with E-state index in [1.807, 2.05) is 17.9 Å². The molecule has 0 unspecified atom stereocenters. The highest BCUT2D eigenvalue weighted by Gasteiger charge is 2.12. The molecule has 7 nitrogen and oxygen atoms in total. The fourth-order valence-electron chi connectivity index (χ4n) is 2.11. The van der Waals surface area contributed by atoms with Gasteiger partial charge in [-0.1, -0.05) is 11.8 Å². The molecule has 1 heterocycles. The van der Waals surface area contributed by atoms with Crippen LogP contribution in [0.4, 0.5) is 0 Å². The Kier molecular flexibility index (Phi) is 5.86. The third-order valence-electron chi connectivity index (χ3n) is 3.39. The monoisotopic (exact) mass is 336 g/mol. The van der Waals surface area contributed by atoms with Crippen LogP contribution >= 0.6 is 11.8 Å². The zero-order valence-corrected chi connectivity index (χ0v) is 14.4. The normalized spacial score (nSPS) is 10.4. The number of methoxy groups -OCH3 is 2. The summed E-state index contributed by atoms with van der Waals surface area (Å²) in [7, 11) is 5.04. The van der Waals surface area contributed by atoms with E-state index >= 15 is 0 Å². The Balaban J connectivity index is 2.00. The lowest BCUT2D eigenvalue weighted by atomic mass is 10.1. The van der Waals surface area contributed by atoms with Gasteiger partial charge in [0.05, 0.1) is 27.2 Å². The van der Waals surface area contributed by atoms with Crippen molar-refractivity contribution in [1.29, 1.82) is 0 Å². The molecule has 2 rings (SSSR count). The van der Waals surface area contributed by atoms with Gasteiger partial charge in [0.2, 0.25) is 5.91 Å². The summed E-state index contributed by atoms with van der Waals surface area (Å²) in [6.45, 7) is 0.329. The van der Waals surface area contributed by atoms with Gasteiger partial charge in [-0.15, -0.1) is 10.2 Å². The number of hydrogen-bond acceptors (Lipinski definition) is 6. The van der Waals surface area contributed by atoms with E-state index in [9.17, 15) is 4.79 Å². The molecule has 0 saturated heterocycles. The van der Waals surface area contributed by atoms with Gasteiger partial charge < -0.3 is 19.4 Å². The molecule has 0 aliphatic carbocycles. The van der Waals surface area contributed by atoms with E-state index in [1.54, 1.807) is 32.4 Å². The highest BCUT2D eigenvalue weighted by molar-refractivity contribution is 7.98. The first-order valence-corrected chi connectivity index (χ1v) is 8.21. The molecule has 1 aromatic heterocycles. The predicted molar refractivity (Wildman–Crippen MR) is 87.9 cm³/mol. The van der Waals surface area contributed by atoms with Gasteiger partial charge in [-0.25, -0.2) is 0 Å². The fraction of sp³-hybridized carbons (Fsp3) is 0.400. The molecule has 124 valence electrons. The summed E-state index contributed by atoms with van der Waals surface area (Å²) in [5.41, 5.74) is 0.770. The number of ether oxygens (including phenoxy) is 2. The molecule has 1 aromatic carbocycles. The van der Waals surface area contributed by atoms with Gasteiger partial charge in [0.25, 0.3) is 0 Å². The molecule has 8 heteroatoms. The fourth-order valence-corrected chi connectivity index (χ4v) is 2.61. The van der Waals surface area contributed by atoms with E-state index < -0.39 is 0 Å². The minimum absolute atomic E-state index is 0.120. The van der Waals surface area contributed by atoms with Crippen molar-refractivity contribution in [2.24, 2.45) is 7.05 Å². The molecule has 0 fully saturated rings. The number of thioether (sulfide) groups is 1. The predicted octanol–water partition coefficient (Wildman–Crippen LogP) is 1.41. The largest absolute Gasteiger partial charge is 0.497 e. The quantitative estimate of drug-likeness (QED) is 0.770. The molecule has 0 bridgehead atoms. The maximum absolute atomic E-state index is 12.2. The highest BCUT2D eigenvalue weighted by Crippen LogP contribution is 2.24. The first-order chi connectivity index (χ1) is 11.1. The summed E-state index contributed by atoms with van der Waals surface area (Å²) in [5.74, 6) is 1.93. The van der Waals surface area contributed by atoms with Crippen molar-refractivity contribution >= 4 is 17.7 Å². The van der Waals surface area contributed by atoms with E-state index in [1.165, 1.54) is 11.8 Å². The third kappa shape index (κ3) is 4.16. The number of benzene rings is 1. The van der Waals surface area contributed by atoms with Crippen LogP contribution in [-0.2, 0) is 24.8 Å². The molecule has 0 aliphatic rings. The summed E-state index contributed by atoms with van der Waals surface area (Å²) < 4.78 is 12.3. The highest BCUT2D eigenvalue weighted by atomic mass is 32.2. The van der Waals surface area contributed by atoms with E-state index in [0.29, 0.717) is 23.9 Å². The van der Waals surface area contributed by atoms with Gasteiger partial charge >= 0.3 is 0 Å². The number of nitrogens with one attached hydrogen (secondary N) is 1. The standard InChI is InChI=1S/C15H20N4O3S/c1-19-13(17-18-15(19)23-4)9-16-14(20)8-10-7-11(21-2)5-6-12(10)22-3/h5-7H,8-9H2,1-4H3,(H,16,20). The molecular weight excluding hydrogens is 316 g/mol. The lowest BCUT2D eigenvalue weighted by Crippen LogP contribution is -2.26. The minimum atomic E-state index is -0.120. The Morgan fingerprint density at radius 2 is 2.09 bits per heavy atom. The first-order valence-electron chi connectivity index (χ1n) is 6.99. The second-order valence-corrected chi connectivity index (χ2v) is 5.57. The van der Waals surface area contributed by atoms with Gasteiger partial charge in [0, 0.05) is 12.6 Å².